The Morgan fingerprint density at radius 2 is 1.96 bits per heavy atom. The van der Waals surface area contributed by atoms with Crippen molar-refractivity contribution < 1.29 is 4.79 Å². The number of rotatable bonds is 6. The molecule has 0 saturated heterocycles. The second-order valence-electron chi connectivity index (χ2n) is 6.35. The summed E-state index contributed by atoms with van der Waals surface area (Å²) in [5.41, 5.74) is 3.81. The van der Waals surface area contributed by atoms with E-state index in [1.54, 1.807) is 12.3 Å². The molecule has 1 heterocycles. The number of carbonyl (C=O) groups excluding carboxylic acids is 1. The van der Waals surface area contributed by atoms with Gasteiger partial charge in [0.1, 0.15) is 0 Å². The number of amides is 1. The fourth-order valence-corrected chi connectivity index (χ4v) is 2.95. The zero-order valence-electron chi connectivity index (χ0n) is 15.4. The molecule has 3 aromatic rings. The Balaban J connectivity index is 1.63. The molecule has 4 nitrogen and oxygen atoms in total. The van der Waals surface area contributed by atoms with Crippen molar-refractivity contribution in [2.75, 3.05) is 10.6 Å². The van der Waals surface area contributed by atoms with Crippen LogP contribution in [0.4, 0.5) is 11.4 Å². The van der Waals surface area contributed by atoms with Crippen LogP contribution in [0.5, 0.6) is 0 Å². The highest BCUT2D eigenvalue weighted by Crippen LogP contribution is 2.25. The minimum absolute atomic E-state index is 0.0282. The predicted molar refractivity (Wildman–Crippen MR) is 113 cm³/mol. The second kappa shape index (κ2) is 8.69. The summed E-state index contributed by atoms with van der Waals surface area (Å²) in [6, 6.07) is 15.4. The number of pyridine rings is 1. The molecule has 5 heteroatoms. The molecule has 138 valence electrons. The molecular formula is C22H22ClN3O. The monoisotopic (exact) mass is 379 g/mol. The third kappa shape index (κ3) is 5.08. The molecule has 3 rings (SSSR count). The Kier molecular flexibility index (Phi) is 6.09. The molecule has 1 atom stereocenters. The van der Waals surface area contributed by atoms with Gasteiger partial charge in [0, 0.05) is 40.1 Å². The van der Waals surface area contributed by atoms with E-state index in [0.29, 0.717) is 5.02 Å². The van der Waals surface area contributed by atoms with Crippen LogP contribution >= 0.6 is 11.6 Å². The molecular weight excluding hydrogens is 358 g/mol. The number of benzene rings is 2. The summed E-state index contributed by atoms with van der Waals surface area (Å²) in [5.74, 6) is -0.153. The van der Waals surface area contributed by atoms with Crippen LogP contribution in [0.15, 0.2) is 66.9 Å². The van der Waals surface area contributed by atoms with Gasteiger partial charge in [0.15, 0.2) is 0 Å². The summed E-state index contributed by atoms with van der Waals surface area (Å²) in [6.07, 6.45) is 6.10. The fraction of sp³-hybridized carbons (Fsp3) is 0.182. The molecule has 2 aromatic carbocycles. The van der Waals surface area contributed by atoms with Crippen LogP contribution in [-0.2, 0) is 11.2 Å². The number of nitrogens with zero attached hydrogens (tertiary/aromatic N) is 1. The van der Waals surface area contributed by atoms with Crippen molar-refractivity contribution in [2.45, 2.75) is 26.3 Å². The van der Waals surface area contributed by atoms with Gasteiger partial charge in [-0.1, -0.05) is 36.7 Å². The summed E-state index contributed by atoms with van der Waals surface area (Å²) < 4.78 is 0. The van der Waals surface area contributed by atoms with E-state index < -0.39 is 0 Å². The van der Waals surface area contributed by atoms with E-state index in [1.165, 1.54) is 5.56 Å². The first-order valence-corrected chi connectivity index (χ1v) is 9.32. The smallest absolute Gasteiger partial charge is 0.248 e. The first-order valence-electron chi connectivity index (χ1n) is 8.94. The van der Waals surface area contributed by atoms with Crippen LogP contribution in [-0.4, -0.2) is 16.9 Å². The van der Waals surface area contributed by atoms with Crippen molar-refractivity contribution in [1.29, 1.82) is 0 Å². The number of fused-ring (bicyclic) bond motifs is 1. The van der Waals surface area contributed by atoms with Gasteiger partial charge >= 0.3 is 0 Å². The molecule has 27 heavy (non-hydrogen) atoms. The van der Waals surface area contributed by atoms with Gasteiger partial charge in [-0.3, -0.25) is 9.78 Å². The number of halogens is 1. The van der Waals surface area contributed by atoms with Crippen LogP contribution in [0.25, 0.3) is 10.9 Å². The number of aromatic nitrogens is 1. The van der Waals surface area contributed by atoms with E-state index >= 15 is 0 Å². The Morgan fingerprint density at radius 3 is 2.70 bits per heavy atom. The van der Waals surface area contributed by atoms with Crippen LogP contribution in [0.3, 0.4) is 0 Å². The van der Waals surface area contributed by atoms with Gasteiger partial charge in [-0.05, 0) is 55.3 Å². The third-order valence-corrected chi connectivity index (χ3v) is 4.49. The van der Waals surface area contributed by atoms with E-state index in [4.69, 9.17) is 11.6 Å². The van der Waals surface area contributed by atoms with Crippen LogP contribution in [0.1, 0.15) is 19.4 Å². The van der Waals surface area contributed by atoms with Gasteiger partial charge in [0.05, 0.1) is 5.52 Å². The number of anilines is 2. The zero-order chi connectivity index (χ0) is 19.2. The predicted octanol–water partition coefficient (Wildman–Crippen LogP) is 5.45. The molecule has 1 aromatic heterocycles. The first kappa shape index (κ1) is 18.9. The third-order valence-electron chi connectivity index (χ3n) is 4.25. The van der Waals surface area contributed by atoms with Gasteiger partial charge in [0.2, 0.25) is 5.91 Å². The molecule has 0 fully saturated rings. The van der Waals surface area contributed by atoms with Crippen LogP contribution in [0, 0.1) is 0 Å². The van der Waals surface area contributed by atoms with Gasteiger partial charge in [-0.25, -0.2) is 0 Å². The normalized spacial score (nSPS) is 12.3. The number of hydrogen-bond donors (Lipinski definition) is 2. The average molecular weight is 380 g/mol. The molecule has 0 aliphatic carbocycles. The minimum Gasteiger partial charge on any atom is -0.379 e. The van der Waals surface area contributed by atoms with E-state index in [9.17, 15) is 4.79 Å². The molecule has 0 bridgehead atoms. The summed E-state index contributed by atoms with van der Waals surface area (Å²) >= 11 is 6.03. The van der Waals surface area contributed by atoms with Gasteiger partial charge in [0.25, 0.3) is 0 Å². The summed E-state index contributed by atoms with van der Waals surface area (Å²) in [6.45, 7) is 4.09. The Morgan fingerprint density at radius 1 is 1.19 bits per heavy atom. The van der Waals surface area contributed by atoms with Crippen molar-refractivity contribution in [3.05, 3.63) is 77.5 Å². The van der Waals surface area contributed by atoms with Crippen molar-refractivity contribution in [2.24, 2.45) is 0 Å². The fourth-order valence-electron chi connectivity index (χ4n) is 2.78. The Labute approximate surface area is 164 Å². The lowest BCUT2D eigenvalue weighted by molar-refractivity contribution is -0.111. The molecule has 0 saturated carbocycles. The van der Waals surface area contributed by atoms with E-state index in [1.807, 2.05) is 61.5 Å². The lowest BCUT2D eigenvalue weighted by Crippen LogP contribution is -2.14. The largest absolute Gasteiger partial charge is 0.379 e. The van der Waals surface area contributed by atoms with Gasteiger partial charge in [-0.2, -0.15) is 0 Å². The van der Waals surface area contributed by atoms with E-state index in [-0.39, 0.29) is 11.9 Å². The quantitative estimate of drug-likeness (QED) is 0.560. The molecule has 0 unspecified atom stereocenters. The molecule has 0 aliphatic rings. The molecule has 0 radical (unpaired) electrons. The average Bonchev–Trinajstić information content (AvgIpc) is 2.67. The van der Waals surface area contributed by atoms with Crippen molar-refractivity contribution in [3.63, 3.8) is 0 Å². The maximum Gasteiger partial charge on any atom is 0.248 e. The van der Waals surface area contributed by atoms with Crippen molar-refractivity contribution in [3.8, 4) is 0 Å². The van der Waals surface area contributed by atoms with E-state index in [0.717, 1.165) is 28.7 Å². The number of hydrogen-bond acceptors (Lipinski definition) is 3. The lowest BCUT2D eigenvalue weighted by atomic mass is 10.1. The van der Waals surface area contributed by atoms with Crippen molar-refractivity contribution in [1.82, 2.24) is 4.98 Å². The second-order valence-corrected chi connectivity index (χ2v) is 6.79. The summed E-state index contributed by atoms with van der Waals surface area (Å²) in [5, 5.41) is 7.90. The molecule has 0 spiro atoms. The summed E-state index contributed by atoms with van der Waals surface area (Å²) in [7, 11) is 0. The highest BCUT2D eigenvalue weighted by molar-refractivity contribution is 6.31. The zero-order valence-corrected chi connectivity index (χ0v) is 16.1. The molecule has 2 N–H and O–H groups in total. The number of nitrogens with one attached hydrogen (secondary N) is 2. The van der Waals surface area contributed by atoms with Crippen molar-refractivity contribution >= 4 is 39.8 Å². The van der Waals surface area contributed by atoms with Gasteiger partial charge < -0.3 is 10.6 Å². The lowest BCUT2D eigenvalue weighted by Gasteiger charge is -2.13. The topological polar surface area (TPSA) is 54.0 Å². The number of aryl methyl sites for hydroxylation is 1. The maximum atomic E-state index is 12.1. The standard InChI is InChI=1S/C22H22ClN3O/c1-3-16-5-8-18(9-6-16)26-22(27)11-4-15(2)25-20-12-13-24-21-14-17(23)7-10-19(20)21/h4-15H,3H2,1-2H3,(H,24,25)(H,26,27)/b11-4+/t15-/m0/s1. The molecule has 1 amide bonds. The Hall–Kier alpha value is -2.85. The van der Waals surface area contributed by atoms with Gasteiger partial charge in [-0.15, -0.1) is 0 Å². The Bertz CT molecular complexity index is 967. The first-order chi connectivity index (χ1) is 13.0. The van der Waals surface area contributed by atoms with Crippen LogP contribution in [0.2, 0.25) is 5.02 Å². The van der Waals surface area contributed by atoms with Crippen LogP contribution < -0.4 is 10.6 Å². The number of carbonyl (C=O) groups is 1. The minimum atomic E-state index is -0.153. The molecule has 0 aliphatic heterocycles. The summed E-state index contributed by atoms with van der Waals surface area (Å²) in [4.78, 5) is 16.5. The SMILES string of the molecule is CCc1ccc(NC(=O)/C=C/[C@H](C)Nc2ccnc3cc(Cl)ccc23)cc1. The van der Waals surface area contributed by atoms with E-state index in [2.05, 4.69) is 22.5 Å². The highest BCUT2D eigenvalue weighted by Gasteiger charge is 2.05. The maximum absolute atomic E-state index is 12.1. The highest BCUT2D eigenvalue weighted by atomic mass is 35.5.